The molecule has 9 N–H and O–H groups in total. The van der Waals surface area contributed by atoms with Gasteiger partial charge in [0.15, 0.2) is 0 Å². The second-order valence-corrected chi connectivity index (χ2v) is 7.58. The number of unbranched alkanes of at least 4 members (excludes halogenated alkanes) is 1. The number of nitrogens with one attached hydrogen (secondary N) is 4. The highest BCUT2D eigenvalue weighted by molar-refractivity contribution is 5.92. The van der Waals surface area contributed by atoms with Gasteiger partial charge in [-0.2, -0.15) is 0 Å². The first-order chi connectivity index (χ1) is 14.6. The molecule has 0 aliphatic carbocycles. The molecule has 1 heterocycles. The monoisotopic (exact) mass is 439 g/mol. The number of rotatable bonds is 14. The number of carboxylic acid groups (broad SMARTS) is 1. The highest BCUT2D eigenvalue weighted by Crippen LogP contribution is 2.06. The first-order valence-corrected chi connectivity index (χ1v) is 10.2. The average Bonchev–Trinajstić information content (AvgIpc) is 3.21. The molecule has 0 fully saturated rings. The topological polar surface area (TPSA) is 205 Å². The predicted octanol–water partition coefficient (Wildman–Crippen LogP) is -1.77. The predicted molar refractivity (Wildman–Crippen MR) is 113 cm³/mol. The number of carbonyl (C=O) groups is 4. The zero-order chi connectivity index (χ0) is 23.4. The summed E-state index contributed by atoms with van der Waals surface area (Å²) in [6.07, 6.45) is 4.68. The molecule has 174 valence electrons. The SMILES string of the molecule is CC(C)C(NC(=O)CNC(=O)C(N)Cc1cnc[nH]1)C(=O)NC(CCCCN)C(=O)O. The normalized spacial score (nSPS) is 13.8. The Bertz CT molecular complexity index is 723. The van der Waals surface area contributed by atoms with Crippen molar-refractivity contribution in [2.75, 3.05) is 13.1 Å². The molecule has 1 aromatic rings. The van der Waals surface area contributed by atoms with Crippen LogP contribution in [-0.2, 0) is 25.6 Å². The van der Waals surface area contributed by atoms with Crippen LogP contribution in [-0.4, -0.2) is 70.0 Å². The first-order valence-electron chi connectivity index (χ1n) is 10.2. The van der Waals surface area contributed by atoms with Crippen LogP contribution in [0.1, 0.15) is 38.8 Å². The summed E-state index contributed by atoms with van der Waals surface area (Å²) < 4.78 is 0. The van der Waals surface area contributed by atoms with Crippen molar-refractivity contribution in [2.45, 2.75) is 57.7 Å². The van der Waals surface area contributed by atoms with Crippen LogP contribution in [0.4, 0.5) is 0 Å². The average molecular weight is 440 g/mol. The van der Waals surface area contributed by atoms with Gasteiger partial charge in [-0.15, -0.1) is 0 Å². The lowest BCUT2D eigenvalue weighted by molar-refractivity contribution is -0.142. The second-order valence-electron chi connectivity index (χ2n) is 7.58. The summed E-state index contributed by atoms with van der Waals surface area (Å²) in [6, 6.07) is -2.90. The van der Waals surface area contributed by atoms with Gasteiger partial charge in [-0.25, -0.2) is 9.78 Å². The van der Waals surface area contributed by atoms with E-state index in [4.69, 9.17) is 11.5 Å². The molecule has 0 saturated carbocycles. The number of nitrogens with two attached hydrogens (primary N) is 2. The lowest BCUT2D eigenvalue weighted by Gasteiger charge is -2.24. The van der Waals surface area contributed by atoms with Crippen LogP contribution in [0.3, 0.4) is 0 Å². The molecule has 0 saturated heterocycles. The number of amides is 3. The summed E-state index contributed by atoms with van der Waals surface area (Å²) in [5.74, 6) is -3.18. The van der Waals surface area contributed by atoms with Gasteiger partial charge in [0.1, 0.15) is 12.1 Å². The molecule has 0 aromatic carbocycles. The van der Waals surface area contributed by atoms with Gasteiger partial charge < -0.3 is 37.5 Å². The third-order valence-electron chi connectivity index (χ3n) is 4.58. The minimum atomic E-state index is -1.15. The van der Waals surface area contributed by atoms with Gasteiger partial charge in [-0.3, -0.25) is 14.4 Å². The molecule has 0 radical (unpaired) electrons. The van der Waals surface area contributed by atoms with Crippen LogP contribution >= 0.6 is 0 Å². The van der Waals surface area contributed by atoms with Gasteiger partial charge >= 0.3 is 5.97 Å². The Labute approximate surface area is 180 Å². The Morgan fingerprint density at radius 3 is 2.42 bits per heavy atom. The summed E-state index contributed by atoms with van der Waals surface area (Å²) >= 11 is 0. The molecule has 0 bridgehead atoms. The van der Waals surface area contributed by atoms with Crippen molar-refractivity contribution in [3.63, 3.8) is 0 Å². The third kappa shape index (κ3) is 9.57. The Kier molecular flexibility index (Phi) is 11.2. The van der Waals surface area contributed by atoms with E-state index in [2.05, 4.69) is 25.9 Å². The number of hydrogen-bond donors (Lipinski definition) is 7. The van der Waals surface area contributed by atoms with E-state index in [0.717, 1.165) is 0 Å². The maximum atomic E-state index is 12.6. The number of H-pyrrole nitrogens is 1. The minimum absolute atomic E-state index is 0.227. The van der Waals surface area contributed by atoms with Gasteiger partial charge in [0.25, 0.3) is 0 Å². The van der Waals surface area contributed by atoms with Crippen molar-refractivity contribution >= 4 is 23.7 Å². The van der Waals surface area contributed by atoms with Crippen LogP contribution in [0.5, 0.6) is 0 Å². The molecule has 3 unspecified atom stereocenters. The van der Waals surface area contributed by atoms with Gasteiger partial charge in [0, 0.05) is 18.3 Å². The lowest BCUT2D eigenvalue weighted by atomic mass is 10.0. The number of aromatic nitrogens is 2. The van der Waals surface area contributed by atoms with Crippen molar-refractivity contribution in [3.8, 4) is 0 Å². The van der Waals surface area contributed by atoms with Gasteiger partial charge in [0.05, 0.1) is 18.9 Å². The molecule has 3 atom stereocenters. The van der Waals surface area contributed by atoms with E-state index in [9.17, 15) is 24.3 Å². The van der Waals surface area contributed by atoms with Gasteiger partial charge in [0.2, 0.25) is 17.7 Å². The van der Waals surface area contributed by atoms with Gasteiger partial charge in [-0.1, -0.05) is 13.8 Å². The third-order valence-corrected chi connectivity index (χ3v) is 4.58. The summed E-state index contributed by atoms with van der Waals surface area (Å²) in [6.45, 7) is 3.49. The summed E-state index contributed by atoms with van der Waals surface area (Å²) in [5.41, 5.74) is 11.9. The Morgan fingerprint density at radius 2 is 1.87 bits per heavy atom. The van der Waals surface area contributed by atoms with Crippen molar-refractivity contribution in [1.82, 2.24) is 25.9 Å². The summed E-state index contributed by atoms with van der Waals surface area (Å²) in [5, 5.41) is 16.7. The fourth-order valence-electron chi connectivity index (χ4n) is 2.80. The zero-order valence-electron chi connectivity index (χ0n) is 17.9. The molecule has 1 rings (SSSR count). The Balaban J connectivity index is 2.56. The Morgan fingerprint density at radius 1 is 1.16 bits per heavy atom. The number of carbonyl (C=O) groups excluding carboxylic acids is 3. The smallest absolute Gasteiger partial charge is 0.326 e. The van der Waals surface area contributed by atoms with E-state index in [-0.39, 0.29) is 25.3 Å². The van der Waals surface area contributed by atoms with Crippen molar-refractivity contribution in [2.24, 2.45) is 17.4 Å². The van der Waals surface area contributed by atoms with Crippen molar-refractivity contribution in [1.29, 1.82) is 0 Å². The van der Waals surface area contributed by atoms with Crippen molar-refractivity contribution < 1.29 is 24.3 Å². The molecule has 0 aliphatic heterocycles. The van der Waals surface area contributed by atoms with E-state index in [1.165, 1.54) is 6.33 Å². The zero-order valence-corrected chi connectivity index (χ0v) is 17.9. The number of carboxylic acids is 1. The molecular formula is C19H33N7O5. The fraction of sp³-hybridized carbons (Fsp3) is 0.632. The van der Waals surface area contributed by atoms with Crippen LogP contribution in [0, 0.1) is 5.92 Å². The lowest BCUT2D eigenvalue weighted by Crippen LogP contribution is -2.55. The molecule has 12 nitrogen and oxygen atoms in total. The maximum Gasteiger partial charge on any atom is 0.326 e. The van der Waals surface area contributed by atoms with E-state index in [1.807, 2.05) is 0 Å². The van der Waals surface area contributed by atoms with E-state index in [0.29, 0.717) is 25.1 Å². The number of hydrogen-bond acceptors (Lipinski definition) is 7. The van der Waals surface area contributed by atoms with Crippen LogP contribution in [0.25, 0.3) is 0 Å². The van der Waals surface area contributed by atoms with E-state index in [1.54, 1.807) is 20.0 Å². The Hall–Kier alpha value is -2.99. The van der Waals surface area contributed by atoms with Crippen molar-refractivity contribution in [3.05, 3.63) is 18.2 Å². The number of aliphatic carboxylic acids is 1. The van der Waals surface area contributed by atoms with Gasteiger partial charge in [-0.05, 0) is 31.7 Å². The largest absolute Gasteiger partial charge is 0.480 e. The molecule has 1 aromatic heterocycles. The number of nitrogens with zero attached hydrogens (tertiary/aromatic N) is 1. The summed E-state index contributed by atoms with van der Waals surface area (Å²) in [7, 11) is 0. The van der Waals surface area contributed by atoms with Crippen LogP contribution in [0.2, 0.25) is 0 Å². The minimum Gasteiger partial charge on any atom is -0.480 e. The maximum absolute atomic E-state index is 12.6. The highest BCUT2D eigenvalue weighted by atomic mass is 16.4. The van der Waals surface area contributed by atoms with E-state index < -0.39 is 41.8 Å². The second kappa shape index (κ2) is 13.3. The quantitative estimate of drug-likeness (QED) is 0.165. The molecule has 0 aliphatic rings. The molecule has 0 spiro atoms. The molecule has 12 heteroatoms. The van der Waals surface area contributed by atoms with Crippen LogP contribution < -0.4 is 27.4 Å². The molecule has 3 amide bonds. The highest BCUT2D eigenvalue weighted by Gasteiger charge is 2.28. The van der Waals surface area contributed by atoms with E-state index >= 15 is 0 Å². The first kappa shape index (κ1) is 26.0. The van der Waals surface area contributed by atoms with Crippen LogP contribution in [0.15, 0.2) is 12.5 Å². The fourth-order valence-corrected chi connectivity index (χ4v) is 2.80. The number of aromatic amines is 1. The molecular weight excluding hydrogens is 406 g/mol. The number of imidazole rings is 1. The molecule has 31 heavy (non-hydrogen) atoms. The summed E-state index contributed by atoms with van der Waals surface area (Å²) in [4.78, 5) is 54.9. The standard InChI is InChI=1S/C19H33N7O5/c1-11(2)16(18(29)25-14(19(30)31)5-3-4-6-20)26-15(27)9-23-17(28)13(21)7-12-8-22-10-24-12/h8,10-11,13-14,16H,3-7,9,20-21H2,1-2H3,(H,22,24)(H,23,28)(H,25,29)(H,26,27)(H,30,31).